The van der Waals surface area contributed by atoms with Gasteiger partial charge in [0.2, 0.25) is 11.6 Å². The van der Waals surface area contributed by atoms with E-state index in [4.69, 9.17) is 4.74 Å². The van der Waals surface area contributed by atoms with Gasteiger partial charge >= 0.3 is 0 Å². The number of hydrogen-bond acceptors (Lipinski definition) is 3. The molecule has 4 heteroatoms. The number of nitrogens with one attached hydrogen (secondary N) is 1. The zero-order valence-corrected chi connectivity index (χ0v) is 11.3. The molecule has 2 saturated carbocycles. The number of carbonyl (C=O) groups excluding carboxylic acids is 1. The summed E-state index contributed by atoms with van der Waals surface area (Å²) < 4.78 is 6.07. The van der Waals surface area contributed by atoms with E-state index < -0.39 is 11.8 Å². The van der Waals surface area contributed by atoms with Crippen LogP contribution in [0.1, 0.15) is 12.0 Å². The van der Waals surface area contributed by atoms with Crippen molar-refractivity contribution in [2.75, 3.05) is 0 Å². The Morgan fingerprint density at radius 1 is 1.29 bits per heavy atom. The number of hydrogen-bond donors (Lipinski definition) is 2. The molecule has 1 aromatic carbocycles. The van der Waals surface area contributed by atoms with E-state index in [0.29, 0.717) is 0 Å². The van der Waals surface area contributed by atoms with Crippen molar-refractivity contribution in [1.82, 2.24) is 5.32 Å². The van der Waals surface area contributed by atoms with Gasteiger partial charge in [-0.1, -0.05) is 24.1 Å². The van der Waals surface area contributed by atoms with Gasteiger partial charge in [-0.05, 0) is 36.3 Å². The smallest absolute Gasteiger partial charge is 0.226 e. The van der Waals surface area contributed by atoms with Gasteiger partial charge in [0.15, 0.2) is 0 Å². The van der Waals surface area contributed by atoms with Crippen LogP contribution in [-0.2, 0) is 9.53 Å². The average molecular weight is 281 g/mol. The molecule has 2 aliphatic heterocycles. The highest BCUT2D eigenvalue weighted by Crippen LogP contribution is 2.64. The van der Waals surface area contributed by atoms with Crippen molar-refractivity contribution in [3.05, 3.63) is 35.9 Å². The molecule has 1 amide bonds. The predicted octanol–water partition coefficient (Wildman–Crippen LogP) is 0.506. The van der Waals surface area contributed by atoms with Crippen molar-refractivity contribution in [2.24, 2.45) is 23.7 Å². The van der Waals surface area contributed by atoms with Gasteiger partial charge in [-0.2, -0.15) is 0 Å². The van der Waals surface area contributed by atoms with E-state index in [2.05, 4.69) is 17.2 Å². The monoisotopic (exact) mass is 281 g/mol. The second kappa shape index (κ2) is 3.68. The minimum atomic E-state index is -0.890. The fourth-order valence-corrected chi connectivity index (χ4v) is 4.90. The van der Waals surface area contributed by atoms with E-state index in [1.807, 2.05) is 30.3 Å². The Labute approximate surface area is 122 Å². The molecule has 2 heterocycles. The summed E-state index contributed by atoms with van der Waals surface area (Å²) in [5, 5.41) is 13.3. The van der Waals surface area contributed by atoms with Gasteiger partial charge in [0.05, 0.1) is 18.1 Å². The lowest BCUT2D eigenvalue weighted by Gasteiger charge is -2.26. The van der Waals surface area contributed by atoms with Crippen molar-refractivity contribution in [3.8, 4) is 11.8 Å². The number of carbonyl (C=O) groups is 1. The normalized spacial score (nSPS) is 48.1. The summed E-state index contributed by atoms with van der Waals surface area (Å²) in [6.45, 7) is 0. The molecule has 0 aromatic heterocycles. The standard InChI is InChI=1S/C17H15NO3/c19-14-10-8-11-13-12(10)16(20)18-17(13,21-15(11)14)7-6-9-4-2-1-3-5-9/h1-5,10-15,19H,8H2,(H,18,20). The van der Waals surface area contributed by atoms with E-state index in [1.54, 1.807) is 0 Å². The third kappa shape index (κ3) is 1.31. The van der Waals surface area contributed by atoms with Crippen LogP contribution in [0.2, 0.25) is 0 Å². The van der Waals surface area contributed by atoms with Crippen LogP contribution in [0.3, 0.4) is 0 Å². The summed E-state index contributed by atoms with van der Waals surface area (Å²) in [4.78, 5) is 12.3. The molecule has 7 unspecified atom stereocenters. The molecular formula is C17H15NO3. The zero-order chi connectivity index (χ0) is 14.2. The Kier molecular flexibility index (Phi) is 2.06. The van der Waals surface area contributed by atoms with E-state index in [-0.39, 0.29) is 35.7 Å². The molecule has 4 fully saturated rings. The summed E-state index contributed by atoms with van der Waals surface area (Å²) in [5.41, 5.74) is 0.0154. The molecule has 106 valence electrons. The Morgan fingerprint density at radius 3 is 2.90 bits per heavy atom. The quantitative estimate of drug-likeness (QED) is 0.681. The fourth-order valence-electron chi connectivity index (χ4n) is 4.90. The minimum Gasteiger partial charge on any atom is -0.390 e. The van der Waals surface area contributed by atoms with Crippen molar-refractivity contribution < 1.29 is 14.6 Å². The summed E-state index contributed by atoms with van der Waals surface area (Å²) in [5.74, 6) is 6.56. The van der Waals surface area contributed by atoms with Gasteiger partial charge in [-0.25, -0.2) is 0 Å². The lowest BCUT2D eigenvalue weighted by Crippen LogP contribution is -2.46. The first kappa shape index (κ1) is 11.8. The Bertz CT molecular complexity index is 691. The molecular weight excluding hydrogens is 266 g/mol. The number of benzene rings is 1. The highest BCUT2D eigenvalue weighted by molar-refractivity contribution is 5.85. The lowest BCUT2D eigenvalue weighted by molar-refractivity contribution is -0.135. The summed E-state index contributed by atoms with van der Waals surface area (Å²) in [7, 11) is 0. The van der Waals surface area contributed by atoms with Gasteiger partial charge in [0.1, 0.15) is 0 Å². The summed E-state index contributed by atoms with van der Waals surface area (Å²) in [6.07, 6.45) is 0.216. The van der Waals surface area contributed by atoms with E-state index in [9.17, 15) is 9.90 Å². The minimum absolute atomic E-state index is 0.00735. The van der Waals surface area contributed by atoms with Gasteiger partial charge < -0.3 is 15.2 Å². The molecule has 2 N–H and O–H groups in total. The summed E-state index contributed by atoms with van der Waals surface area (Å²) in [6, 6.07) is 9.70. The SMILES string of the molecule is O=C1NC2(C#Cc3ccccc3)OC3C(O)C4CC3C2C14. The van der Waals surface area contributed by atoms with E-state index in [0.717, 1.165) is 12.0 Å². The molecule has 0 spiro atoms. The van der Waals surface area contributed by atoms with Crippen molar-refractivity contribution >= 4 is 5.91 Å². The van der Waals surface area contributed by atoms with E-state index in [1.165, 1.54) is 0 Å². The molecule has 2 saturated heterocycles. The first-order valence-corrected chi connectivity index (χ1v) is 7.46. The van der Waals surface area contributed by atoms with Crippen LogP contribution >= 0.6 is 0 Å². The molecule has 4 aliphatic rings. The maximum atomic E-state index is 12.3. The van der Waals surface area contributed by atoms with Crippen molar-refractivity contribution in [3.63, 3.8) is 0 Å². The van der Waals surface area contributed by atoms with Crippen LogP contribution in [0.5, 0.6) is 0 Å². The largest absolute Gasteiger partial charge is 0.390 e. The van der Waals surface area contributed by atoms with Crippen LogP contribution in [-0.4, -0.2) is 28.9 Å². The fraction of sp³-hybridized carbons (Fsp3) is 0.471. The third-order valence-electron chi connectivity index (χ3n) is 5.62. The molecule has 2 bridgehead atoms. The van der Waals surface area contributed by atoms with Gasteiger partial charge in [0, 0.05) is 11.5 Å². The Hall–Kier alpha value is -1.83. The Morgan fingerprint density at radius 2 is 2.10 bits per heavy atom. The summed E-state index contributed by atoms with van der Waals surface area (Å²) >= 11 is 0. The van der Waals surface area contributed by atoms with Gasteiger partial charge in [-0.3, -0.25) is 4.79 Å². The van der Waals surface area contributed by atoms with Crippen LogP contribution in [0, 0.1) is 35.5 Å². The zero-order valence-electron chi connectivity index (χ0n) is 11.3. The second-order valence-corrected chi connectivity index (χ2v) is 6.53. The van der Waals surface area contributed by atoms with Crippen LogP contribution < -0.4 is 5.32 Å². The van der Waals surface area contributed by atoms with Gasteiger partial charge in [0.25, 0.3) is 0 Å². The van der Waals surface area contributed by atoms with Crippen LogP contribution in [0.15, 0.2) is 30.3 Å². The van der Waals surface area contributed by atoms with Crippen LogP contribution in [0.25, 0.3) is 0 Å². The molecule has 21 heavy (non-hydrogen) atoms. The topological polar surface area (TPSA) is 58.6 Å². The number of rotatable bonds is 0. The van der Waals surface area contributed by atoms with Gasteiger partial charge in [-0.15, -0.1) is 0 Å². The lowest BCUT2D eigenvalue weighted by atomic mass is 9.77. The first-order valence-electron chi connectivity index (χ1n) is 7.46. The molecule has 0 radical (unpaired) electrons. The highest BCUT2D eigenvalue weighted by atomic mass is 16.5. The third-order valence-corrected chi connectivity index (χ3v) is 5.62. The molecule has 5 rings (SSSR count). The maximum absolute atomic E-state index is 12.3. The van der Waals surface area contributed by atoms with Crippen molar-refractivity contribution in [1.29, 1.82) is 0 Å². The predicted molar refractivity (Wildman–Crippen MR) is 73.7 cm³/mol. The molecule has 7 atom stereocenters. The number of aliphatic hydroxyl groups excluding tert-OH is 1. The number of aliphatic hydroxyl groups is 1. The molecule has 2 aliphatic carbocycles. The number of fused-ring (bicyclic) bond motifs is 2. The first-order chi connectivity index (χ1) is 10.2. The number of amides is 1. The maximum Gasteiger partial charge on any atom is 0.226 e. The second-order valence-electron chi connectivity index (χ2n) is 6.53. The number of ether oxygens (including phenoxy) is 1. The molecule has 1 aromatic rings. The van der Waals surface area contributed by atoms with E-state index >= 15 is 0 Å². The Balaban J connectivity index is 1.58. The highest BCUT2D eigenvalue weighted by Gasteiger charge is 2.75. The average Bonchev–Trinajstić information content (AvgIpc) is 3.15. The molecule has 4 nitrogen and oxygen atoms in total. The van der Waals surface area contributed by atoms with Crippen LogP contribution in [0.4, 0.5) is 0 Å². The van der Waals surface area contributed by atoms with Crippen molar-refractivity contribution in [2.45, 2.75) is 24.4 Å².